The zero-order valence-corrected chi connectivity index (χ0v) is 12.5. The van der Waals surface area contributed by atoms with Crippen molar-refractivity contribution in [3.05, 3.63) is 59.5 Å². The zero-order valence-electron chi connectivity index (χ0n) is 11.7. The number of benzene rings is 1. The monoisotopic (exact) mass is 314 g/mol. The third kappa shape index (κ3) is 3.24. The number of thiazole rings is 1. The minimum absolute atomic E-state index is 0.112. The number of amides is 1. The molecule has 3 aromatic rings. The fourth-order valence-corrected chi connectivity index (χ4v) is 2.76. The molecule has 2 heterocycles. The number of aliphatic hydroxyl groups excluding tert-OH is 1. The Balaban J connectivity index is 1.69. The number of carbonyl (C=O) groups is 1. The molecule has 5 nitrogen and oxygen atoms in total. The van der Waals surface area contributed by atoms with Gasteiger partial charge in [0.25, 0.3) is 5.91 Å². The molecule has 0 fully saturated rings. The Bertz CT molecular complexity index is 748. The van der Waals surface area contributed by atoms with Gasteiger partial charge in [-0.1, -0.05) is 12.1 Å². The quantitative estimate of drug-likeness (QED) is 0.758. The van der Waals surface area contributed by atoms with Gasteiger partial charge >= 0.3 is 0 Å². The number of rotatable bonds is 5. The van der Waals surface area contributed by atoms with Crippen LogP contribution in [0.15, 0.2) is 52.7 Å². The van der Waals surface area contributed by atoms with Crippen LogP contribution in [-0.4, -0.2) is 22.6 Å². The van der Waals surface area contributed by atoms with Crippen molar-refractivity contribution in [2.24, 2.45) is 0 Å². The standard InChI is InChI=1S/C16H14N2O3S/c19-7-5-11-1-3-13(4-2-11)17-15(20)14-10-22-16(18-14)12-6-8-21-9-12/h1-4,6,8-10,19H,5,7H2,(H,17,20). The van der Waals surface area contributed by atoms with Gasteiger partial charge in [0.2, 0.25) is 0 Å². The first kappa shape index (κ1) is 14.5. The second kappa shape index (κ2) is 6.55. The van der Waals surface area contributed by atoms with E-state index in [1.54, 1.807) is 24.0 Å². The van der Waals surface area contributed by atoms with E-state index in [1.165, 1.54) is 11.3 Å². The molecule has 0 saturated carbocycles. The summed E-state index contributed by atoms with van der Waals surface area (Å²) in [4.78, 5) is 16.5. The van der Waals surface area contributed by atoms with Crippen molar-refractivity contribution in [1.82, 2.24) is 4.98 Å². The summed E-state index contributed by atoms with van der Waals surface area (Å²) in [6, 6.07) is 9.19. The topological polar surface area (TPSA) is 75.4 Å². The van der Waals surface area contributed by atoms with E-state index in [-0.39, 0.29) is 12.5 Å². The average Bonchev–Trinajstić information content (AvgIpc) is 3.20. The fraction of sp³-hybridized carbons (Fsp3) is 0.125. The molecule has 6 heteroatoms. The molecule has 0 atom stereocenters. The fourth-order valence-electron chi connectivity index (χ4n) is 1.98. The Morgan fingerprint density at radius 3 is 2.77 bits per heavy atom. The largest absolute Gasteiger partial charge is 0.472 e. The van der Waals surface area contributed by atoms with Gasteiger partial charge in [-0.3, -0.25) is 4.79 Å². The molecular weight excluding hydrogens is 300 g/mol. The van der Waals surface area contributed by atoms with Crippen molar-refractivity contribution in [2.45, 2.75) is 6.42 Å². The van der Waals surface area contributed by atoms with Gasteiger partial charge in [-0.2, -0.15) is 0 Å². The molecule has 0 saturated heterocycles. The number of hydrogen-bond donors (Lipinski definition) is 2. The van der Waals surface area contributed by atoms with Crippen LogP contribution in [0.25, 0.3) is 10.6 Å². The molecule has 2 N–H and O–H groups in total. The molecule has 2 aromatic heterocycles. The summed E-state index contributed by atoms with van der Waals surface area (Å²) in [7, 11) is 0. The first-order valence-corrected chi connectivity index (χ1v) is 7.63. The Morgan fingerprint density at radius 1 is 1.27 bits per heavy atom. The number of aliphatic hydroxyl groups is 1. The normalized spacial score (nSPS) is 10.6. The maximum atomic E-state index is 12.2. The number of hydrogen-bond acceptors (Lipinski definition) is 5. The van der Waals surface area contributed by atoms with Gasteiger partial charge in [-0.25, -0.2) is 4.98 Å². The van der Waals surface area contributed by atoms with Crippen molar-refractivity contribution in [3.63, 3.8) is 0 Å². The van der Waals surface area contributed by atoms with E-state index >= 15 is 0 Å². The van der Waals surface area contributed by atoms with E-state index in [4.69, 9.17) is 9.52 Å². The molecule has 112 valence electrons. The zero-order chi connectivity index (χ0) is 15.4. The molecule has 0 aliphatic heterocycles. The minimum Gasteiger partial charge on any atom is -0.472 e. The molecule has 1 amide bonds. The molecule has 0 aliphatic carbocycles. The maximum absolute atomic E-state index is 12.2. The molecule has 0 bridgehead atoms. The lowest BCUT2D eigenvalue weighted by atomic mass is 10.1. The number of aromatic nitrogens is 1. The van der Waals surface area contributed by atoms with Crippen LogP contribution < -0.4 is 5.32 Å². The number of anilines is 1. The van der Waals surface area contributed by atoms with Crippen molar-refractivity contribution in [3.8, 4) is 10.6 Å². The lowest BCUT2D eigenvalue weighted by molar-refractivity contribution is 0.102. The van der Waals surface area contributed by atoms with Crippen LogP contribution in [-0.2, 0) is 6.42 Å². The highest BCUT2D eigenvalue weighted by atomic mass is 32.1. The Kier molecular flexibility index (Phi) is 4.32. The van der Waals surface area contributed by atoms with Gasteiger partial charge in [0.1, 0.15) is 17.0 Å². The average molecular weight is 314 g/mol. The highest BCUT2D eigenvalue weighted by Gasteiger charge is 2.12. The summed E-state index contributed by atoms with van der Waals surface area (Å²) >= 11 is 1.40. The minimum atomic E-state index is -0.249. The molecular formula is C16H14N2O3S. The van der Waals surface area contributed by atoms with E-state index in [0.29, 0.717) is 17.8 Å². The van der Waals surface area contributed by atoms with Crippen molar-refractivity contribution in [1.29, 1.82) is 0 Å². The van der Waals surface area contributed by atoms with Crippen LogP contribution >= 0.6 is 11.3 Å². The first-order chi connectivity index (χ1) is 10.8. The van der Waals surface area contributed by atoms with E-state index in [9.17, 15) is 4.79 Å². The van der Waals surface area contributed by atoms with Gasteiger partial charge in [-0.05, 0) is 30.2 Å². The molecule has 3 rings (SSSR count). The third-order valence-electron chi connectivity index (χ3n) is 3.12. The summed E-state index contributed by atoms with van der Waals surface area (Å²) in [6.45, 7) is 0.112. The third-order valence-corrected chi connectivity index (χ3v) is 4.01. The Hall–Kier alpha value is -2.44. The van der Waals surface area contributed by atoms with Crippen LogP contribution in [0.2, 0.25) is 0 Å². The van der Waals surface area contributed by atoms with Crippen molar-refractivity contribution < 1.29 is 14.3 Å². The van der Waals surface area contributed by atoms with Gasteiger partial charge in [0.05, 0.1) is 6.26 Å². The summed E-state index contributed by atoms with van der Waals surface area (Å²) in [6.07, 6.45) is 3.78. The van der Waals surface area contributed by atoms with E-state index in [0.717, 1.165) is 16.1 Å². The first-order valence-electron chi connectivity index (χ1n) is 6.75. The summed E-state index contributed by atoms with van der Waals surface area (Å²) < 4.78 is 5.01. The molecule has 22 heavy (non-hydrogen) atoms. The SMILES string of the molecule is O=C(Nc1ccc(CCO)cc1)c1csc(-c2ccoc2)n1. The van der Waals surface area contributed by atoms with Gasteiger partial charge in [-0.15, -0.1) is 11.3 Å². The van der Waals surface area contributed by atoms with E-state index in [2.05, 4.69) is 10.3 Å². The smallest absolute Gasteiger partial charge is 0.275 e. The van der Waals surface area contributed by atoms with E-state index < -0.39 is 0 Å². The van der Waals surface area contributed by atoms with Crippen LogP contribution in [0.4, 0.5) is 5.69 Å². The molecule has 0 aliphatic rings. The van der Waals surface area contributed by atoms with Crippen molar-refractivity contribution in [2.75, 3.05) is 11.9 Å². The summed E-state index contributed by atoms with van der Waals surface area (Å²) in [5.74, 6) is -0.249. The summed E-state index contributed by atoms with van der Waals surface area (Å²) in [5, 5.41) is 14.2. The molecule has 0 unspecified atom stereocenters. The molecule has 1 aromatic carbocycles. The van der Waals surface area contributed by atoms with Gasteiger partial charge in [0, 0.05) is 23.2 Å². The molecule has 0 radical (unpaired) electrons. The van der Waals surface area contributed by atoms with E-state index in [1.807, 2.05) is 24.3 Å². The van der Waals surface area contributed by atoms with Crippen LogP contribution in [0.5, 0.6) is 0 Å². The predicted octanol–water partition coefficient (Wildman–Crippen LogP) is 3.19. The van der Waals surface area contributed by atoms with Crippen molar-refractivity contribution >= 4 is 22.9 Å². The van der Waals surface area contributed by atoms with Gasteiger partial charge < -0.3 is 14.8 Å². The van der Waals surface area contributed by atoms with Crippen LogP contribution in [0.3, 0.4) is 0 Å². The van der Waals surface area contributed by atoms with Crippen LogP contribution in [0.1, 0.15) is 16.1 Å². The van der Waals surface area contributed by atoms with Crippen LogP contribution in [0, 0.1) is 0 Å². The highest BCUT2D eigenvalue weighted by molar-refractivity contribution is 7.13. The Morgan fingerprint density at radius 2 is 2.09 bits per heavy atom. The highest BCUT2D eigenvalue weighted by Crippen LogP contribution is 2.24. The second-order valence-electron chi connectivity index (χ2n) is 4.67. The Labute approximate surface area is 131 Å². The second-order valence-corrected chi connectivity index (χ2v) is 5.53. The number of furan rings is 1. The lowest BCUT2D eigenvalue weighted by Gasteiger charge is -2.04. The number of nitrogens with zero attached hydrogens (tertiary/aromatic N) is 1. The number of carbonyl (C=O) groups excluding carboxylic acids is 1. The lowest BCUT2D eigenvalue weighted by Crippen LogP contribution is -2.12. The molecule has 0 spiro atoms. The summed E-state index contributed by atoms with van der Waals surface area (Å²) in [5.41, 5.74) is 2.96. The van der Waals surface area contributed by atoms with Gasteiger partial charge in [0.15, 0.2) is 0 Å². The maximum Gasteiger partial charge on any atom is 0.275 e. The predicted molar refractivity (Wildman–Crippen MR) is 85.0 cm³/mol. The number of nitrogens with one attached hydrogen (secondary N) is 1.